The van der Waals surface area contributed by atoms with Crippen molar-refractivity contribution in [3.63, 3.8) is 0 Å². The summed E-state index contributed by atoms with van der Waals surface area (Å²) in [6.07, 6.45) is 0.518. The summed E-state index contributed by atoms with van der Waals surface area (Å²) in [5.74, 6) is 0.179. The van der Waals surface area contributed by atoms with Gasteiger partial charge in [0, 0.05) is 24.6 Å². The number of hydrogen-bond donors (Lipinski definition) is 1. The normalized spacial score (nSPS) is 21.2. The van der Waals surface area contributed by atoms with Crippen molar-refractivity contribution in [1.29, 1.82) is 0 Å². The summed E-state index contributed by atoms with van der Waals surface area (Å²) in [4.78, 5) is 11.8. The molecule has 1 aromatic carbocycles. The molecule has 3 heteroatoms. The van der Waals surface area contributed by atoms with Crippen LogP contribution in [0, 0.1) is 0 Å². The number of ketones is 1. The minimum absolute atomic E-state index is 0.173. The van der Waals surface area contributed by atoms with Crippen LogP contribution >= 0.6 is 0 Å². The first-order chi connectivity index (χ1) is 7.36. The molecule has 1 fully saturated rings. The summed E-state index contributed by atoms with van der Waals surface area (Å²) in [5, 5.41) is 3.27. The lowest BCUT2D eigenvalue weighted by Crippen LogP contribution is -2.42. The van der Waals surface area contributed by atoms with Crippen molar-refractivity contribution in [3.8, 4) is 0 Å². The van der Waals surface area contributed by atoms with Gasteiger partial charge in [0.2, 0.25) is 0 Å². The third-order valence-electron chi connectivity index (χ3n) is 2.53. The quantitative estimate of drug-likeness (QED) is 0.755. The van der Waals surface area contributed by atoms with E-state index in [1.54, 1.807) is 0 Å². The van der Waals surface area contributed by atoms with Crippen molar-refractivity contribution in [1.82, 2.24) is 5.32 Å². The van der Waals surface area contributed by atoms with Crippen LogP contribution in [0.4, 0.5) is 0 Å². The molecule has 3 nitrogen and oxygen atoms in total. The Morgan fingerprint density at radius 1 is 1.40 bits per heavy atom. The van der Waals surface area contributed by atoms with E-state index in [0.717, 1.165) is 18.7 Å². The number of carbonyl (C=O) groups excluding carboxylic acids is 1. The van der Waals surface area contributed by atoms with Crippen LogP contribution in [0.3, 0.4) is 0 Å². The fraction of sp³-hybridized carbons (Fsp3) is 0.417. The van der Waals surface area contributed by atoms with Crippen LogP contribution in [0.25, 0.3) is 0 Å². The first kappa shape index (κ1) is 10.3. The van der Waals surface area contributed by atoms with Gasteiger partial charge in [-0.3, -0.25) is 4.79 Å². The largest absolute Gasteiger partial charge is 0.378 e. The molecule has 1 aromatic rings. The van der Waals surface area contributed by atoms with Crippen LogP contribution in [-0.2, 0) is 4.74 Å². The fourth-order valence-corrected chi connectivity index (χ4v) is 1.72. The first-order valence-corrected chi connectivity index (χ1v) is 5.25. The third kappa shape index (κ3) is 2.88. The fourth-order valence-electron chi connectivity index (χ4n) is 1.72. The molecule has 1 aliphatic rings. The monoisotopic (exact) mass is 205 g/mol. The number of nitrogens with one attached hydrogen (secondary N) is 1. The smallest absolute Gasteiger partial charge is 0.164 e. The Morgan fingerprint density at radius 2 is 2.20 bits per heavy atom. The van der Waals surface area contributed by atoms with Crippen molar-refractivity contribution in [3.05, 3.63) is 35.9 Å². The second-order valence-corrected chi connectivity index (χ2v) is 3.72. The van der Waals surface area contributed by atoms with Crippen LogP contribution in [0.5, 0.6) is 0 Å². The van der Waals surface area contributed by atoms with Gasteiger partial charge in [-0.25, -0.2) is 0 Å². The van der Waals surface area contributed by atoms with Crippen LogP contribution in [-0.4, -0.2) is 31.6 Å². The number of carbonyl (C=O) groups is 1. The number of hydrogen-bond acceptors (Lipinski definition) is 3. The Morgan fingerprint density at radius 3 is 2.87 bits per heavy atom. The molecule has 0 aromatic heterocycles. The molecule has 0 radical (unpaired) electrons. The van der Waals surface area contributed by atoms with Crippen molar-refractivity contribution in [2.75, 3.05) is 19.8 Å². The van der Waals surface area contributed by atoms with E-state index in [2.05, 4.69) is 5.32 Å². The Labute approximate surface area is 89.4 Å². The summed E-state index contributed by atoms with van der Waals surface area (Å²) >= 11 is 0. The van der Waals surface area contributed by atoms with Crippen molar-refractivity contribution >= 4 is 5.78 Å². The van der Waals surface area contributed by atoms with Crippen LogP contribution < -0.4 is 5.32 Å². The van der Waals surface area contributed by atoms with E-state index in [0.29, 0.717) is 13.0 Å². The molecule has 15 heavy (non-hydrogen) atoms. The Balaban J connectivity index is 1.91. The van der Waals surface area contributed by atoms with Crippen LogP contribution in [0.15, 0.2) is 30.3 Å². The van der Waals surface area contributed by atoms with Crippen molar-refractivity contribution in [2.45, 2.75) is 12.5 Å². The maximum Gasteiger partial charge on any atom is 0.164 e. The van der Waals surface area contributed by atoms with E-state index >= 15 is 0 Å². The van der Waals surface area contributed by atoms with E-state index < -0.39 is 0 Å². The molecule has 0 bridgehead atoms. The maximum absolute atomic E-state index is 11.8. The topological polar surface area (TPSA) is 38.3 Å². The Kier molecular flexibility index (Phi) is 3.48. The predicted octanol–water partition coefficient (Wildman–Crippen LogP) is 1.25. The highest BCUT2D eigenvalue weighted by Gasteiger charge is 2.17. The molecule has 1 saturated heterocycles. The minimum atomic E-state index is 0.173. The summed E-state index contributed by atoms with van der Waals surface area (Å²) in [7, 11) is 0. The summed E-state index contributed by atoms with van der Waals surface area (Å²) in [6.45, 7) is 2.22. The number of morpholine rings is 1. The highest BCUT2D eigenvalue weighted by molar-refractivity contribution is 5.96. The lowest BCUT2D eigenvalue weighted by atomic mass is 10.0. The Bertz CT molecular complexity index is 318. The zero-order valence-corrected chi connectivity index (χ0v) is 8.61. The van der Waals surface area contributed by atoms with Gasteiger partial charge in [-0.15, -0.1) is 0 Å². The lowest BCUT2D eigenvalue weighted by Gasteiger charge is -2.23. The van der Waals surface area contributed by atoms with Gasteiger partial charge < -0.3 is 10.1 Å². The number of Topliss-reactive ketones (excluding diaryl/α,β-unsaturated/α-hetero) is 1. The molecule has 0 saturated carbocycles. The van der Waals surface area contributed by atoms with Crippen LogP contribution in [0.2, 0.25) is 0 Å². The van der Waals surface area contributed by atoms with E-state index in [-0.39, 0.29) is 11.8 Å². The second-order valence-electron chi connectivity index (χ2n) is 3.72. The van der Waals surface area contributed by atoms with Gasteiger partial charge in [-0.2, -0.15) is 0 Å². The van der Waals surface area contributed by atoms with Gasteiger partial charge in [-0.1, -0.05) is 30.3 Å². The first-order valence-electron chi connectivity index (χ1n) is 5.25. The summed E-state index contributed by atoms with van der Waals surface area (Å²) < 4.78 is 5.30. The zero-order valence-electron chi connectivity index (χ0n) is 8.61. The molecule has 0 aliphatic carbocycles. The van der Waals surface area contributed by atoms with Gasteiger partial charge in [-0.05, 0) is 0 Å². The average Bonchev–Trinajstić information content (AvgIpc) is 2.31. The van der Waals surface area contributed by atoms with Gasteiger partial charge in [0.25, 0.3) is 0 Å². The van der Waals surface area contributed by atoms with Crippen molar-refractivity contribution < 1.29 is 9.53 Å². The molecule has 0 spiro atoms. The van der Waals surface area contributed by atoms with E-state index in [1.165, 1.54) is 0 Å². The predicted molar refractivity (Wildman–Crippen MR) is 58.0 cm³/mol. The molecule has 2 rings (SSSR count). The van der Waals surface area contributed by atoms with Crippen molar-refractivity contribution in [2.24, 2.45) is 0 Å². The molecule has 0 unspecified atom stereocenters. The van der Waals surface area contributed by atoms with Gasteiger partial charge in [0.15, 0.2) is 5.78 Å². The zero-order chi connectivity index (χ0) is 10.5. The van der Waals surface area contributed by atoms with Gasteiger partial charge in [0.1, 0.15) is 0 Å². The molecule has 0 amide bonds. The third-order valence-corrected chi connectivity index (χ3v) is 2.53. The van der Waals surface area contributed by atoms with E-state index in [4.69, 9.17) is 4.74 Å². The molecule has 80 valence electrons. The number of rotatable bonds is 3. The van der Waals surface area contributed by atoms with Gasteiger partial charge in [0.05, 0.1) is 13.2 Å². The van der Waals surface area contributed by atoms with E-state index in [9.17, 15) is 4.79 Å². The standard InChI is InChI=1S/C12H15NO2/c14-12(10-4-2-1-3-5-10)8-11-9-15-7-6-13-11/h1-5,11,13H,6-9H2/t11-/m1/s1. The SMILES string of the molecule is O=C(C[C@@H]1COCCN1)c1ccccc1. The molecule has 1 N–H and O–H groups in total. The Hall–Kier alpha value is -1.19. The molecule has 1 heterocycles. The molecule has 1 aliphatic heterocycles. The summed E-state index contributed by atoms with van der Waals surface area (Å²) in [5.41, 5.74) is 0.782. The molecular weight excluding hydrogens is 190 g/mol. The number of ether oxygens (including phenoxy) is 1. The highest BCUT2D eigenvalue weighted by atomic mass is 16.5. The lowest BCUT2D eigenvalue weighted by molar-refractivity contribution is 0.0676. The van der Waals surface area contributed by atoms with Crippen LogP contribution in [0.1, 0.15) is 16.8 Å². The van der Waals surface area contributed by atoms with E-state index in [1.807, 2.05) is 30.3 Å². The molecular formula is C12H15NO2. The average molecular weight is 205 g/mol. The highest BCUT2D eigenvalue weighted by Crippen LogP contribution is 2.07. The minimum Gasteiger partial charge on any atom is -0.378 e. The second kappa shape index (κ2) is 5.05. The number of benzene rings is 1. The van der Waals surface area contributed by atoms with Gasteiger partial charge >= 0.3 is 0 Å². The molecule has 1 atom stereocenters. The maximum atomic E-state index is 11.8. The summed E-state index contributed by atoms with van der Waals surface area (Å²) in [6, 6.07) is 9.57.